The average Bonchev–Trinajstić information content (AvgIpc) is 2.52. The van der Waals surface area contributed by atoms with Crippen LogP contribution in [0.5, 0.6) is 0 Å². The summed E-state index contributed by atoms with van der Waals surface area (Å²) in [5.74, 6) is 0.976. The van der Waals surface area contributed by atoms with Gasteiger partial charge in [0.1, 0.15) is 23.8 Å². The number of hydrogen-bond donors (Lipinski definition) is 2. The Bertz CT molecular complexity index is 833. The quantitative estimate of drug-likeness (QED) is 0.732. The van der Waals surface area contributed by atoms with Crippen LogP contribution in [0.25, 0.3) is 0 Å². The van der Waals surface area contributed by atoms with Crippen molar-refractivity contribution in [2.75, 3.05) is 10.6 Å². The fourth-order valence-electron chi connectivity index (χ4n) is 2.23. The SMILES string of the molecule is Cc1cccc(Nc2cc(Nc3cccc(F)c3)ncn2)c1C. The van der Waals surface area contributed by atoms with Crippen LogP contribution in [0.2, 0.25) is 0 Å². The van der Waals surface area contributed by atoms with Crippen molar-refractivity contribution in [3.63, 3.8) is 0 Å². The predicted molar refractivity (Wildman–Crippen MR) is 90.9 cm³/mol. The first-order valence-electron chi connectivity index (χ1n) is 7.30. The van der Waals surface area contributed by atoms with Crippen molar-refractivity contribution < 1.29 is 4.39 Å². The molecule has 0 aliphatic heterocycles. The molecule has 0 radical (unpaired) electrons. The van der Waals surface area contributed by atoms with Gasteiger partial charge in [-0.25, -0.2) is 14.4 Å². The molecule has 0 atom stereocenters. The van der Waals surface area contributed by atoms with Gasteiger partial charge in [-0.3, -0.25) is 0 Å². The Balaban J connectivity index is 1.81. The van der Waals surface area contributed by atoms with Crippen LogP contribution < -0.4 is 10.6 Å². The summed E-state index contributed by atoms with van der Waals surface area (Å²) in [6.07, 6.45) is 1.47. The number of hydrogen-bond acceptors (Lipinski definition) is 4. The van der Waals surface area contributed by atoms with Crippen molar-refractivity contribution in [1.29, 1.82) is 0 Å². The lowest BCUT2D eigenvalue weighted by Gasteiger charge is -2.12. The fourth-order valence-corrected chi connectivity index (χ4v) is 2.23. The van der Waals surface area contributed by atoms with E-state index in [0.29, 0.717) is 17.3 Å². The van der Waals surface area contributed by atoms with Gasteiger partial charge in [0.15, 0.2) is 0 Å². The third-order valence-corrected chi connectivity index (χ3v) is 3.63. The highest BCUT2D eigenvalue weighted by molar-refractivity contribution is 5.65. The molecule has 0 unspecified atom stereocenters. The number of halogens is 1. The van der Waals surface area contributed by atoms with E-state index in [2.05, 4.69) is 40.5 Å². The van der Waals surface area contributed by atoms with Crippen LogP contribution in [0.1, 0.15) is 11.1 Å². The van der Waals surface area contributed by atoms with Crippen LogP contribution in [0.15, 0.2) is 54.9 Å². The molecule has 0 fully saturated rings. The van der Waals surface area contributed by atoms with Crippen molar-refractivity contribution in [3.8, 4) is 0 Å². The number of nitrogens with zero attached hydrogens (tertiary/aromatic N) is 2. The molecule has 0 aliphatic rings. The number of aromatic nitrogens is 2. The highest BCUT2D eigenvalue weighted by atomic mass is 19.1. The van der Waals surface area contributed by atoms with Gasteiger partial charge >= 0.3 is 0 Å². The van der Waals surface area contributed by atoms with Crippen molar-refractivity contribution >= 4 is 23.0 Å². The largest absolute Gasteiger partial charge is 0.340 e. The smallest absolute Gasteiger partial charge is 0.135 e. The van der Waals surface area contributed by atoms with E-state index in [0.717, 1.165) is 5.69 Å². The second kappa shape index (κ2) is 6.44. The number of rotatable bonds is 4. The average molecular weight is 308 g/mol. The first-order valence-corrected chi connectivity index (χ1v) is 7.30. The van der Waals surface area contributed by atoms with Crippen molar-refractivity contribution in [1.82, 2.24) is 9.97 Å². The van der Waals surface area contributed by atoms with E-state index in [1.54, 1.807) is 18.2 Å². The van der Waals surface area contributed by atoms with Gasteiger partial charge in [0.05, 0.1) is 0 Å². The van der Waals surface area contributed by atoms with Gasteiger partial charge < -0.3 is 10.6 Å². The molecule has 0 saturated carbocycles. The first kappa shape index (κ1) is 15.0. The van der Waals surface area contributed by atoms with E-state index >= 15 is 0 Å². The molecule has 23 heavy (non-hydrogen) atoms. The highest BCUT2D eigenvalue weighted by Crippen LogP contribution is 2.23. The minimum atomic E-state index is -0.294. The fraction of sp³-hybridized carbons (Fsp3) is 0.111. The molecule has 4 nitrogen and oxygen atoms in total. The number of aryl methyl sites for hydroxylation is 1. The van der Waals surface area contributed by atoms with Gasteiger partial charge in [-0.1, -0.05) is 18.2 Å². The molecule has 1 heterocycles. The maximum Gasteiger partial charge on any atom is 0.135 e. The first-order chi connectivity index (χ1) is 11.1. The summed E-state index contributed by atoms with van der Waals surface area (Å²) in [4.78, 5) is 8.39. The minimum Gasteiger partial charge on any atom is -0.340 e. The number of benzene rings is 2. The molecule has 0 aliphatic carbocycles. The lowest BCUT2D eigenvalue weighted by molar-refractivity contribution is 0.628. The van der Waals surface area contributed by atoms with Crippen LogP contribution >= 0.6 is 0 Å². The van der Waals surface area contributed by atoms with Crippen molar-refractivity contribution in [2.45, 2.75) is 13.8 Å². The summed E-state index contributed by atoms with van der Waals surface area (Å²) in [6.45, 7) is 4.13. The molecular weight excluding hydrogens is 291 g/mol. The van der Waals surface area contributed by atoms with E-state index in [1.165, 1.54) is 29.6 Å². The summed E-state index contributed by atoms with van der Waals surface area (Å²) < 4.78 is 13.2. The van der Waals surface area contributed by atoms with Gasteiger partial charge in [-0.15, -0.1) is 0 Å². The minimum absolute atomic E-state index is 0.294. The molecule has 3 rings (SSSR count). The van der Waals surface area contributed by atoms with Crippen LogP contribution in [-0.2, 0) is 0 Å². The highest BCUT2D eigenvalue weighted by Gasteiger charge is 2.04. The summed E-state index contributed by atoms with van der Waals surface area (Å²) in [7, 11) is 0. The van der Waals surface area contributed by atoms with Crippen LogP contribution in [0, 0.1) is 19.7 Å². The zero-order valence-corrected chi connectivity index (χ0v) is 13.0. The molecule has 0 bridgehead atoms. The Morgan fingerprint density at radius 1 is 0.870 bits per heavy atom. The van der Waals surface area contributed by atoms with Crippen LogP contribution in [0.3, 0.4) is 0 Å². The van der Waals surface area contributed by atoms with Gasteiger partial charge in [-0.05, 0) is 49.2 Å². The second-order valence-corrected chi connectivity index (χ2v) is 5.30. The Kier molecular flexibility index (Phi) is 4.19. The monoisotopic (exact) mass is 308 g/mol. The predicted octanol–water partition coefficient (Wildman–Crippen LogP) is 4.72. The van der Waals surface area contributed by atoms with Crippen LogP contribution in [-0.4, -0.2) is 9.97 Å². The summed E-state index contributed by atoms with van der Waals surface area (Å²) >= 11 is 0. The summed E-state index contributed by atoms with van der Waals surface area (Å²) in [6, 6.07) is 14.1. The van der Waals surface area contributed by atoms with E-state index in [-0.39, 0.29) is 5.82 Å². The van der Waals surface area contributed by atoms with Gasteiger partial charge in [-0.2, -0.15) is 0 Å². The van der Waals surface area contributed by atoms with Gasteiger partial charge in [0.25, 0.3) is 0 Å². The molecule has 116 valence electrons. The molecule has 0 spiro atoms. The van der Waals surface area contributed by atoms with Crippen molar-refractivity contribution in [2.24, 2.45) is 0 Å². The molecular formula is C18H17FN4. The van der Waals surface area contributed by atoms with Crippen LogP contribution in [0.4, 0.5) is 27.4 Å². The standard InChI is InChI=1S/C18H17FN4/c1-12-5-3-8-16(13(12)2)23-18-10-17(20-11-21-18)22-15-7-4-6-14(19)9-15/h3-11H,1-2H3,(H2,20,21,22,23). The summed E-state index contributed by atoms with van der Waals surface area (Å²) in [5.41, 5.74) is 4.02. The molecule has 5 heteroatoms. The van der Waals surface area contributed by atoms with Gasteiger partial charge in [0.2, 0.25) is 0 Å². The Hall–Kier alpha value is -2.95. The maximum atomic E-state index is 13.2. The van der Waals surface area contributed by atoms with Gasteiger partial charge in [0, 0.05) is 17.4 Å². The maximum absolute atomic E-state index is 13.2. The zero-order chi connectivity index (χ0) is 16.2. The summed E-state index contributed by atoms with van der Waals surface area (Å²) in [5, 5.41) is 6.35. The van der Waals surface area contributed by atoms with E-state index in [1.807, 2.05) is 12.1 Å². The normalized spacial score (nSPS) is 10.4. The molecule has 0 amide bonds. The molecule has 2 aromatic carbocycles. The number of nitrogens with one attached hydrogen (secondary N) is 2. The number of anilines is 4. The second-order valence-electron chi connectivity index (χ2n) is 5.30. The topological polar surface area (TPSA) is 49.8 Å². The Morgan fingerprint density at radius 2 is 1.61 bits per heavy atom. The molecule has 3 aromatic rings. The Labute approximate surface area is 134 Å². The van der Waals surface area contributed by atoms with E-state index in [4.69, 9.17) is 0 Å². The zero-order valence-electron chi connectivity index (χ0n) is 13.0. The lowest BCUT2D eigenvalue weighted by Crippen LogP contribution is -2.00. The molecule has 2 N–H and O–H groups in total. The lowest BCUT2D eigenvalue weighted by atomic mass is 10.1. The molecule has 1 aromatic heterocycles. The molecule has 0 saturated heterocycles. The third kappa shape index (κ3) is 3.63. The van der Waals surface area contributed by atoms with E-state index in [9.17, 15) is 4.39 Å². The Morgan fingerprint density at radius 3 is 2.39 bits per heavy atom. The van der Waals surface area contributed by atoms with Crippen molar-refractivity contribution in [3.05, 3.63) is 71.8 Å². The van der Waals surface area contributed by atoms with E-state index < -0.39 is 0 Å². The third-order valence-electron chi connectivity index (χ3n) is 3.63.